The zero-order chi connectivity index (χ0) is 16.9. The molecule has 2 aromatic rings. The molecule has 2 heterocycles. The highest BCUT2D eigenvalue weighted by Crippen LogP contribution is 2.17. The largest absolute Gasteiger partial charge is 0.379 e. The van der Waals surface area contributed by atoms with Gasteiger partial charge in [0.05, 0.1) is 30.5 Å². The van der Waals surface area contributed by atoms with Crippen molar-refractivity contribution in [2.24, 2.45) is 0 Å². The average molecular weight is 350 g/mol. The molecular formula is C17H19FN2O3S. The maximum Gasteiger partial charge on any atom is 0.251 e. The van der Waals surface area contributed by atoms with E-state index < -0.39 is 0 Å². The van der Waals surface area contributed by atoms with Gasteiger partial charge in [-0.1, -0.05) is 6.07 Å². The molecule has 7 heteroatoms. The van der Waals surface area contributed by atoms with Crippen LogP contribution >= 0.6 is 11.3 Å². The van der Waals surface area contributed by atoms with Crippen LogP contribution in [0.25, 0.3) is 0 Å². The van der Waals surface area contributed by atoms with Crippen LogP contribution in [0, 0.1) is 12.7 Å². The van der Waals surface area contributed by atoms with Gasteiger partial charge in [0.2, 0.25) is 0 Å². The van der Waals surface area contributed by atoms with Crippen molar-refractivity contribution in [3.8, 4) is 0 Å². The fourth-order valence-electron chi connectivity index (χ4n) is 2.64. The van der Waals surface area contributed by atoms with Crippen molar-refractivity contribution in [3.63, 3.8) is 0 Å². The molecule has 5 nitrogen and oxygen atoms in total. The minimum absolute atomic E-state index is 0.174. The molecule has 0 saturated carbocycles. The molecule has 1 aliphatic heterocycles. The zero-order valence-corrected chi connectivity index (χ0v) is 14.1. The van der Waals surface area contributed by atoms with Gasteiger partial charge in [0.25, 0.3) is 5.91 Å². The van der Waals surface area contributed by atoms with Crippen molar-refractivity contribution in [2.45, 2.75) is 32.1 Å². The Bertz CT molecular complexity index is 693. The molecule has 0 spiro atoms. The van der Waals surface area contributed by atoms with Crippen LogP contribution in [-0.4, -0.2) is 36.3 Å². The van der Waals surface area contributed by atoms with E-state index in [1.165, 1.54) is 23.5 Å². The van der Waals surface area contributed by atoms with Crippen LogP contribution in [0.5, 0.6) is 0 Å². The number of hydrogen-bond acceptors (Lipinski definition) is 5. The minimum Gasteiger partial charge on any atom is -0.379 e. The Morgan fingerprint density at radius 1 is 1.54 bits per heavy atom. The highest BCUT2D eigenvalue weighted by atomic mass is 32.1. The molecule has 1 aromatic carbocycles. The van der Waals surface area contributed by atoms with Gasteiger partial charge in [0.15, 0.2) is 0 Å². The molecule has 1 aliphatic rings. The fraction of sp³-hybridized carbons (Fsp3) is 0.412. The van der Waals surface area contributed by atoms with Crippen molar-refractivity contribution in [1.29, 1.82) is 0 Å². The number of nitrogens with one attached hydrogen (secondary N) is 1. The number of nitrogens with zero attached hydrogens (tertiary/aromatic N) is 1. The van der Waals surface area contributed by atoms with Gasteiger partial charge in [-0.05, 0) is 31.0 Å². The van der Waals surface area contributed by atoms with Crippen LogP contribution in [-0.2, 0) is 16.1 Å². The monoisotopic (exact) mass is 350 g/mol. The van der Waals surface area contributed by atoms with Crippen LogP contribution in [0.2, 0.25) is 0 Å². The Kier molecular flexibility index (Phi) is 5.55. The van der Waals surface area contributed by atoms with Crippen molar-refractivity contribution in [2.75, 3.05) is 13.2 Å². The molecule has 0 aliphatic carbocycles. The molecule has 24 heavy (non-hydrogen) atoms. The third-order valence-corrected chi connectivity index (χ3v) is 4.70. The predicted octanol–water partition coefficient (Wildman–Crippen LogP) is 2.69. The first-order valence-corrected chi connectivity index (χ1v) is 8.72. The summed E-state index contributed by atoms with van der Waals surface area (Å²) in [5.41, 5.74) is 3.31. The molecule has 0 unspecified atom stereocenters. The first kappa shape index (κ1) is 17.0. The van der Waals surface area contributed by atoms with Crippen molar-refractivity contribution in [3.05, 3.63) is 51.7 Å². The molecule has 1 saturated heterocycles. The first-order valence-electron chi connectivity index (χ1n) is 7.77. The second-order valence-electron chi connectivity index (χ2n) is 5.69. The van der Waals surface area contributed by atoms with Crippen molar-refractivity contribution in [1.82, 2.24) is 10.3 Å². The van der Waals surface area contributed by atoms with Gasteiger partial charge in [-0.15, -0.1) is 11.3 Å². The minimum atomic E-state index is -0.383. The lowest BCUT2D eigenvalue weighted by molar-refractivity contribution is -0.0742. The summed E-state index contributed by atoms with van der Waals surface area (Å²) in [5.74, 6) is -0.674. The van der Waals surface area contributed by atoms with Crippen molar-refractivity contribution < 1.29 is 18.7 Å². The van der Waals surface area contributed by atoms with Gasteiger partial charge in [-0.2, -0.15) is 0 Å². The van der Waals surface area contributed by atoms with Gasteiger partial charge in [-0.3, -0.25) is 4.79 Å². The summed E-state index contributed by atoms with van der Waals surface area (Å²) in [6.45, 7) is 2.95. The Balaban J connectivity index is 1.64. The van der Waals surface area contributed by atoms with E-state index in [2.05, 4.69) is 10.3 Å². The van der Waals surface area contributed by atoms with E-state index in [0.717, 1.165) is 5.69 Å². The maximum absolute atomic E-state index is 13.6. The number of ether oxygens (including phenoxy) is 2. The lowest BCUT2D eigenvalue weighted by Gasteiger charge is -2.32. The quantitative estimate of drug-likeness (QED) is 0.901. The predicted molar refractivity (Wildman–Crippen MR) is 88.5 cm³/mol. The van der Waals surface area contributed by atoms with Crippen LogP contribution in [0.3, 0.4) is 0 Å². The number of benzene rings is 1. The van der Waals surface area contributed by atoms with Crippen LogP contribution in [0.4, 0.5) is 4.39 Å². The van der Waals surface area contributed by atoms with Gasteiger partial charge in [-0.25, -0.2) is 9.37 Å². The maximum atomic E-state index is 13.6. The Labute approximate surface area is 143 Å². The summed E-state index contributed by atoms with van der Waals surface area (Å²) in [5, 5.41) is 4.88. The smallest absolute Gasteiger partial charge is 0.251 e. The molecule has 0 radical (unpaired) electrons. The molecule has 1 fully saturated rings. The molecule has 0 bridgehead atoms. The second-order valence-corrected chi connectivity index (χ2v) is 6.40. The lowest BCUT2D eigenvalue weighted by atomic mass is 10.0. The SMILES string of the molecule is Cc1c(F)cccc1C(=O)N[C@@H]1CCOC[C@H]1OCc1cscn1. The van der Waals surface area contributed by atoms with Crippen molar-refractivity contribution >= 4 is 17.2 Å². The van der Waals surface area contributed by atoms with E-state index in [1.807, 2.05) is 5.38 Å². The van der Waals surface area contributed by atoms with E-state index in [9.17, 15) is 9.18 Å². The molecule has 3 rings (SSSR count). The number of aromatic nitrogens is 1. The van der Waals surface area contributed by atoms with Gasteiger partial charge < -0.3 is 14.8 Å². The van der Waals surface area contributed by atoms with Crippen LogP contribution in [0.15, 0.2) is 29.1 Å². The normalized spacial score (nSPS) is 20.8. The number of carbonyl (C=O) groups is 1. The summed E-state index contributed by atoms with van der Waals surface area (Å²) in [6, 6.07) is 4.34. The summed E-state index contributed by atoms with van der Waals surface area (Å²) < 4.78 is 25.0. The van der Waals surface area contributed by atoms with Crippen LogP contribution < -0.4 is 5.32 Å². The molecule has 2 atom stereocenters. The molecule has 1 N–H and O–H groups in total. The van der Waals surface area contributed by atoms with Gasteiger partial charge >= 0.3 is 0 Å². The number of carbonyl (C=O) groups excluding carboxylic acids is 1. The number of rotatable bonds is 5. The van der Waals surface area contributed by atoms with Crippen LogP contribution in [0.1, 0.15) is 28.0 Å². The third-order valence-electron chi connectivity index (χ3n) is 4.06. The summed E-state index contributed by atoms with van der Waals surface area (Å²) in [7, 11) is 0. The number of thiazole rings is 1. The fourth-order valence-corrected chi connectivity index (χ4v) is 3.19. The highest BCUT2D eigenvalue weighted by molar-refractivity contribution is 7.07. The first-order chi connectivity index (χ1) is 11.6. The van der Waals surface area contributed by atoms with E-state index in [4.69, 9.17) is 9.47 Å². The number of halogens is 1. The Hall–Kier alpha value is -1.83. The second kappa shape index (κ2) is 7.83. The summed E-state index contributed by atoms with van der Waals surface area (Å²) >= 11 is 1.51. The van der Waals surface area contributed by atoms with E-state index in [0.29, 0.717) is 37.4 Å². The topological polar surface area (TPSA) is 60.5 Å². The molecule has 1 aromatic heterocycles. The van der Waals surface area contributed by atoms with E-state index >= 15 is 0 Å². The third kappa shape index (κ3) is 3.98. The summed E-state index contributed by atoms with van der Waals surface area (Å²) in [4.78, 5) is 16.7. The zero-order valence-electron chi connectivity index (χ0n) is 13.3. The number of amides is 1. The van der Waals surface area contributed by atoms with Gasteiger partial charge in [0.1, 0.15) is 11.9 Å². The summed E-state index contributed by atoms with van der Waals surface area (Å²) in [6.07, 6.45) is 0.403. The number of hydrogen-bond donors (Lipinski definition) is 1. The van der Waals surface area contributed by atoms with Gasteiger partial charge in [0, 0.05) is 17.6 Å². The highest BCUT2D eigenvalue weighted by Gasteiger charge is 2.29. The Morgan fingerprint density at radius 3 is 3.21 bits per heavy atom. The standard InChI is InChI=1S/C17H19FN2O3S/c1-11-13(3-2-4-14(11)18)17(21)20-15-5-6-22-8-16(15)23-7-12-9-24-10-19-12/h2-4,9-10,15-16H,5-8H2,1H3,(H,20,21)/t15-,16-/m1/s1. The molecule has 128 valence electrons. The van der Waals surface area contributed by atoms with E-state index in [1.54, 1.807) is 18.5 Å². The Morgan fingerprint density at radius 2 is 2.42 bits per heavy atom. The lowest BCUT2D eigenvalue weighted by Crippen LogP contribution is -2.50. The molecule has 1 amide bonds. The molecular weight excluding hydrogens is 331 g/mol. The average Bonchev–Trinajstić information content (AvgIpc) is 3.10. The van der Waals surface area contributed by atoms with E-state index in [-0.39, 0.29) is 23.9 Å².